The van der Waals surface area contributed by atoms with E-state index in [0.29, 0.717) is 24.8 Å². The van der Waals surface area contributed by atoms with Crippen LogP contribution < -0.4 is 10.6 Å². The third-order valence-electron chi connectivity index (χ3n) is 5.39. The molecule has 1 fully saturated rings. The van der Waals surface area contributed by atoms with Gasteiger partial charge in [-0.2, -0.15) is 5.10 Å². The molecule has 0 atom stereocenters. The van der Waals surface area contributed by atoms with Crippen LogP contribution in [0.3, 0.4) is 0 Å². The topological polar surface area (TPSA) is 84.7 Å². The van der Waals surface area contributed by atoms with Gasteiger partial charge in [-0.15, -0.1) is 0 Å². The molecule has 30 heavy (non-hydrogen) atoms. The number of fused-ring (bicyclic) bond motifs is 1. The van der Waals surface area contributed by atoms with E-state index in [1.165, 1.54) is 32.1 Å². The highest BCUT2D eigenvalue weighted by Crippen LogP contribution is 2.28. The Bertz CT molecular complexity index is 828. The van der Waals surface area contributed by atoms with Crippen molar-refractivity contribution < 1.29 is 4.79 Å². The summed E-state index contributed by atoms with van der Waals surface area (Å²) in [6, 6.07) is 0.270. The predicted molar refractivity (Wildman–Crippen MR) is 124 cm³/mol. The first-order valence-electron chi connectivity index (χ1n) is 11.4. The lowest BCUT2D eigenvalue weighted by Crippen LogP contribution is -2.28. The number of carbonyl (C=O) groups excluding carboxylic acids is 1. The molecule has 0 aliphatic heterocycles. The Balaban J connectivity index is 1.60. The Morgan fingerprint density at radius 2 is 1.97 bits per heavy atom. The van der Waals surface area contributed by atoms with E-state index in [0.717, 1.165) is 34.3 Å². The van der Waals surface area contributed by atoms with Crippen LogP contribution in [-0.2, 0) is 11.3 Å². The van der Waals surface area contributed by atoms with Gasteiger partial charge < -0.3 is 10.6 Å². The molecule has 1 saturated carbocycles. The summed E-state index contributed by atoms with van der Waals surface area (Å²) in [5, 5.41) is 13.0. The summed E-state index contributed by atoms with van der Waals surface area (Å²) in [4.78, 5) is 21.7. The number of hydrogen-bond acceptors (Lipinski definition) is 6. The zero-order chi connectivity index (χ0) is 21.5. The predicted octanol–water partition coefficient (Wildman–Crippen LogP) is 4.62. The van der Waals surface area contributed by atoms with Gasteiger partial charge in [-0.25, -0.2) is 14.6 Å². The largest absolute Gasteiger partial charge is 0.367 e. The highest BCUT2D eigenvalue weighted by Gasteiger charge is 2.16. The van der Waals surface area contributed by atoms with Crippen LogP contribution in [0, 0.1) is 5.92 Å². The van der Waals surface area contributed by atoms with Crippen LogP contribution in [0.4, 0.5) is 5.82 Å². The molecule has 8 heteroatoms. The lowest BCUT2D eigenvalue weighted by molar-refractivity contribution is -0.121. The van der Waals surface area contributed by atoms with Crippen molar-refractivity contribution in [3.8, 4) is 0 Å². The zero-order valence-corrected chi connectivity index (χ0v) is 19.6. The maximum Gasteiger partial charge on any atom is 0.220 e. The van der Waals surface area contributed by atoms with E-state index in [9.17, 15) is 4.79 Å². The van der Waals surface area contributed by atoms with Gasteiger partial charge in [-0.05, 0) is 26.2 Å². The molecule has 2 heterocycles. The summed E-state index contributed by atoms with van der Waals surface area (Å²) >= 11 is 1.64. The Morgan fingerprint density at radius 1 is 1.20 bits per heavy atom. The van der Waals surface area contributed by atoms with E-state index in [-0.39, 0.29) is 11.9 Å². The number of aromatic nitrogens is 4. The average Bonchev–Trinajstić information content (AvgIpc) is 3.09. The number of rotatable bonds is 10. The third kappa shape index (κ3) is 6.59. The molecule has 166 valence electrons. The summed E-state index contributed by atoms with van der Waals surface area (Å²) in [7, 11) is 0. The van der Waals surface area contributed by atoms with E-state index >= 15 is 0 Å². The minimum atomic E-state index is 0.143. The first kappa shape index (κ1) is 22.8. The Hall–Kier alpha value is -1.83. The van der Waals surface area contributed by atoms with Crippen LogP contribution in [0.1, 0.15) is 72.6 Å². The van der Waals surface area contributed by atoms with Crippen molar-refractivity contribution >= 4 is 34.5 Å². The van der Waals surface area contributed by atoms with Crippen molar-refractivity contribution in [1.82, 2.24) is 25.1 Å². The van der Waals surface area contributed by atoms with E-state index in [2.05, 4.69) is 48.4 Å². The molecule has 0 unspecified atom stereocenters. The summed E-state index contributed by atoms with van der Waals surface area (Å²) in [5.41, 5.74) is 0.813. The Morgan fingerprint density at radius 3 is 2.67 bits per heavy atom. The molecule has 2 N–H and O–H groups in total. The average molecular weight is 433 g/mol. The maximum absolute atomic E-state index is 12.2. The lowest BCUT2D eigenvalue weighted by atomic mass is 9.86. The number of anilines is 1. The minimum Gasteiger partial charge on any atom is -0.367 e. The van der Waals surface area contributed by atoms with Gasteiger partial charge in [0, 0.05) is 24.3 Å². The molecule has 1 aliphatic carbocycles. The van der Waals surface area contributed by atoms with Gasteiger partial charge in [0.2, 0.25) is 5.91 Å². The van der Waals surface area contributed by atoms with Crippen molar-refractivity contribution in [2.45, 2.75) is 95.6 Å². The molecule has 0 saturated heterocycles. The van der Waals surface area contributed by atoms with Gasteiger partial charge in [-0.3, -0.25) is 4.79 Å². The number of hydrogen-bond donors (Lipinski definition) is 2. The summed E-state index contributed by atoms with van der Waals surface area (Å²) < 4.78 is 1.87. The van der Waals surface area contributed by atoms with Gasteiger partial charge in [-0.1, -0.05) is 57.7 Å². The molecule has 2 aromatic rings. The van der Waals surface area contributed by atoms with E-state index in [1.54, 1.807) is 11.8 Å². The number of thioether (sulfide) groups is 1. The van der Waals surface area contributed by atoms with Gasteiger partial charge in [0.05, 0.1) is 18.1 Å². The fourth-order valence-electron chi connectivity index (χ4n) is 3.95. The monoisotopic (exact) mass is 432 g/mol. The molecule has 0 spiro atoms. The highest BCUT2D eigenvalue weighted by atomic mass is 32.2. The quantitative estimate of drug-likeness (QED) is 0.421. The Labute approximate surface area is 184 Å². The van der Waals surface area contributed by atoms with Crippen molar-refractivity contribution in [2.75, 3.05) is 11.9 Å². The first-order valence-corrected chi connectivity index (χ1v) is 12.2. The zero-order valence-electron chi connectivity index (χ0n) is 18.8. The summed E-state index contributed by atoms with van der Waals surface area (Å²) in [6.07, 6.45) is 10.0. The second kappa shape index (κ2) is 11.0. The molecule has 3 rings (SSSR count). The third-order valence-corrected chi connectivity index (χ3v) is 6.26. The van der Waals surface area contributed by atoms with E-state index in [1.807, 2.05) is 10.9 Å². The van der Waals surface area contributed by atoms with Gasteiger partial charge in [0.15, 0.2) is 10.8 Å². The molecule has 7 nitrogen and oxygen atoms in total. The minimum absolute atomic E-state index is 0.143. The molecular formula is C22H36N6OS. The van der Waals surface area contributed by atoms with Crippen LogP contribution >= 0.6 is 11.8 Å². The normalized spacial score (nSPS) is 15.3. The molecule has 2 aromatic heterocycles. The number of nitrogens with zero attached hydrogens (tertiary/aromatic N) is 4. The fraction of sp³-hybridized carbons (Fsp3) is 0.727. The maximum atomic E-state index is 12.2. The standard InChI is InChI=1S/C22H36N6OS/c1-15(2)25-20-18-14-24-28(21(18)27-22(26-20)30-16(3)4)13-12-23-19(29)11-10-17-8-6-5-7-9-17/h14-17H,5-13H2,1-4H3,(H,23,29)(H,25,26,27). The molecular weight excluding hydrogens is 396 g/mol. The number of amides is 1. The first-order chi connectivity index (χ1) is 14.4. The lowest BCUT2D eigenvalue weighted by Gasteiger charge is -2.20. The number of carbonyl (C=O) groups is 1. The fourth-order valence-corrected chi connectivity index (χ4v) is 4.65. The molecule has 1 amide bonds. The van der Waals surface area contributed by atoms with Crippen LogP contribution in [-0.4, -0.2) is 43.5 Å². The van der Waals surface area contributed by atoms with Crippen LogP contribution in [0.5, 0.6) is 0 Å². The van der Waals surface area contributed by atoms with Crippen LogP contribution in [0.25, 0.3) is 11.0 Å². The SMILES string of the molecule is CC(C)Nc1nc(SC(C)C)nc2c1cnn2CCNC(=O)CCC1CCCCC1. The van der Waals surface area contributed by atoms with Gasteiger partial charge in [0.1, 0.15) is 5.82 Å². The summed E-state index contributed by atoms with van der Waals surface area (Å²) in [5.74, 6) is 1.70. The van der Waals surface area contributed by atoms with Crippen molar-refractivity contribution in [3.05, 3.63) is 6.20 Å². The van der Waals surface area contributed by atoms with Crippen molar-refractivity contribution in [1.29, 1.82) is 0 Å². The molecule has 0 radical (unpaired) electrons. The van der Waals surface area contributed by atoms with Crippen LogP contribution in [0.2, 0.25) is 0 Å². The van der Waals surface area contributed by atoms with Crippen molar-refractivity contribution in [2.24, 2.45) is 5.92 Å². The smallest absolute Gasteiger partial charge is 0.220 e. The Kier molecular flexibility index (Phi) is 8.36. The van der Waals surface area contributed by atoms with Crippen molar-refractivity contribution in [3.63, 3.8) is 0 Å². The second-order valence-corrected chi connectivity index (χ2v) is 10.4. The molecule has 1 aliphatic rings. The van der Waals surface area contributed by atoms with Crippen LogP contribution in [0.15, 0.2) is 11.4 Å². The van der Waals surface area contributed by atoms with E-state index in [4.69, 9.17) is 4.98 Å². The second-order valence-electron chi connectivity index (χ2n) is 8.82. The molecule has 0 bridgehead atoms. The van der Waals surface area contributed by atoms with Gasteiger partial charge in [0.25, 0.3) is 0 Å². The molecule has 0 aromatic carbocycles. The summed E-state index contributed by atoms with van der Waals surface area (Å²) in [6.45, 7) is 9.61. The number of nitrogens with one attached hydrogen (secondary N) is 2. The van der Waals surface area contributed by atoms with E-state index < -0.39 is 0 Å². The van der Waals surface area contributed by atoms with Gasteiger partial charge >= 0.3 is 0 Å². The highest BCUT2D eigenvalue weighted by molar-refractivity contribution is 7.99.